The standard InChI is InChI=1S/C16H27N3O2/c1-5-19(6-2)11-12(4)18-16(20)13-9-8-10-14(17)15(13)21-7-3/h8-10,12H,5-7,11,17H2,1-4H3,(H,18,20). The number of rotatable bonds is 8. The molecule has 0 spiro atoms. The maximum Gasteiger partial charge on any atom is 0.255 e. The second-order valence-electron chi connectivity index (χ2n) is 5.02. The molecular weight excluding hydrogens is 266 g/mol. The van der Waals surface area contributed by atoms with Gasteiger partial charge in [0, 0.05) is 12.6 Å². The zero-order valence-corrected chi connectivity index (χ0v) is 13.5. The summed E-state index contributed by atoms with van der Waals surface area (Å²) in [5, 5.41) is 3.01. The van der Waals surface area contributed by atoms with E-state index in [1.165, 1.54) is 0 Å². The molecule has 0 bridgehead atoms. The van der Waals surface area contributed by atoms with Gasteiger partial charge in [-0.1, -0.05) is 19.9 Å². The maximum absolute atomic E-state index is 12.4. The molecule has 0 aliphatic heterocycles. The van der Waals surface area contributed by atoms with Crippen molar-refractivity contribution in [2.45, 2.75) is 33.7 Å². The van der Waals surface area contributed by atoms with Crippen LogP contribution in [-0.4, -0.2) is 43.1 Å². The molecule has 3 N–H and O–H groups in total. The number of ether oxygens (including phenoxy) is 1. The molecule has 5 nitrogen and oxygen atoms in total. The summed E-state index contributed by atoms with van der Waals surface area (Å²) in [4.78, 5) is 14.7. The third-order valence-electron chi connectivity index (χ3n) is 3.38. The van der Waals surface area contributed by atoms with E-state index in [0.29, 0.717) is 23.6 Å². The second kappa shape index (κ2) is 8.52. The largest absolute Gasteiger partial charge is 0.491 e. The second-order valence-corrected chi connectivity index (χ2v) is 5.02. The van der Waals surface area contributed by atoms with Gasteiger partial charge in [-0.05, 0) is 39.1 Å². The minimum absolute atomic E-state index is 0.0632. The molecule has 0 radical (unpaired) electrons. The Kier molecular flexibility index (Phi) is 7.02. The highest BCUT2D eigenvalue weighted by molar-refractivity contribution is 5.98. The molecule has 0 heterocycles. The van der Waals surface area contributed by atoms with E-state index in [2.05, 4.69) is 24.1 Å². The third-order valence-corrected chi connectivity index (χ3v) is 3.38. The molecule has 1 aromatic rings. The number of para-hydroxylation sites is 1. The van der Waals surface area contributed by atoms with Crippen molar-refractivity contribution < 1.29 is 9.53 Å². The molecule has 1 atom stereocenters. The summed E-state index contributed by atoms with van der Waals surface area (Å²) in [5.41, 5.74) is 6.86. The molecule has 118 valence electrons. The number of carbonyl (C=O) groups is 1. The van der Waals surface area contributed by atoms with Crippen molar-refractivity contribution in [2.75, 3.05) is 32.0 Å². The van der Waals surface area contributed by atoms with E-state index in [0.717, 1.165) is 19.6 Å². The molecule has 1 amide bonds. The zero-order valence-electron chi connectivity index (χ0n) is 13.5. The minimum atomic E-state index is -0.148. The van der Waals surface area contributed by atoms with Gasteiger partial charge < -0.3 is 20.7 Å². The first-order valence-electron chi connectivity index (χ1n) is 7.57. The Bertz CT molecular complexity index is 459. The molecule has 0 aliphatic carbocycles. The molecule has 0 aromatic heterocycles. The number of benzene rings is 1. The van der Waals surface area contributed by atoms with Crippen molar-refractivity contribution in [2.24, 2.45) is 0 Å². The first-order valence-corrected chi connectivity index (χ1v) is 7.57. The van der Waals surface area contributed by atoms with Crippen molar-refractivity contribution in [3.05, 3.63) is 23.8 Å². The van der Waals surface area contributed by atoms with Crippen molar-refractivity contribution in [3.8, 4) is 5.75 Å². The van der Waals surface area contributed by atoms with Gasteiger partial charge >= 0.3 is 0 Å². The van der Waals surface area contributed by atoms with Crippen LogP contribution >= 0.6 is 0 Å². The molecule has 0 fully saturated rings. The van der Waals surface area contributed by atoms with Gasteiger partial charge in [0.1, 0.15) is 0 Å². The normalized spacial score (nSPS) is 12.2. The van der Waals surface area contributed by atoms with E-state index < -0.39 is 0 Å². The molecule has 0 saturated carbocycles. The predicted octanol–water partition coefficient (Wildman–Crippen LogP) is 2.13. The van der Waals surface area contributed by atoms with E-state index in [1.54, 1.807) is 18.2 Å². The Morgan fingerprint density at radius 3 is 2.57 bits per heavy atom. The van der Waals surface area contributed by atoms with Gasteiger partial charge in [-0.3, -0.25) is 4.79 Å². The van der Waals surface area contributed by atoms with Crippen LogP contribution in [0.4, 0.5) is 5.69 Å². The Morgan fingerprint density at radius 2 is 2.00 bits per heavy atom. The molecule has 0 saturated heterocycles. The van der Waals surface area contributed by atoms with Crippen LogP contribution in [0.25, 0.3) is 0 Å². The number of carbonyl (C=O) groups excluding carboxylic acids is 1. The summed E-state index contributed by atoms with van der Waals surface area (Å²) in [7, 11) is 0. The number of nitrogens with two attached hydrogens (primary N) is 1. The number of hydrogen-bond donors (Lipinski definition) is 2. The number of amides is 1. The molecule has 1 aromatic carbocycles. The lowest BCUT2D eigenvalue weighted by Crippen LogP contribution is -2.42. The first-order chi connectivity index (χ1) is 10.0. The van der Waals surface area contributed by atoms with Crippen LogP contribution in [0.3, 0.4) is 0 Å². The molecule has 1 unspecified atom stereocenters. The maximum atomic E-state index is 12.4. The van der Waals surface area contributed by atoms with Crippen LogP contribution in [-0.2, 0) is 0 Å². The highest BCUT2D eigenvalue weighted by Crippen LogP contribution is 2.26. The number of anilines is 1. The Morgan fingerprint density at radius 1 is 1.33 bits per heavy atom. The lowest BCUT2D eigenvalue weighted by atomic mass is 10.1. The smallest absolute Gasteiger partial charge is 0.255 e. The summed E-state index contributed by atoms with van der Waals surface area (Å²) in [6.45, 7) is 11.3. The molecule has 21 heavy (non-hydrogen) atoms. The summed E-state index contributed by atoms with van der Waals surface area (Å²) in [6, 6.07) is 5.30. The SMILES string of the molecule is CCOc1c(N)cccc1C(=O)NC(C)CN(CC)CC. The predicted molar refractivity (Wildman–Crippen MR) is 86.7 cm³/mol. The van der Waals surface area contributed by atoms with Crippen LogP contribution < -0.4 is 15.8 Å². The van der Waals surface area contributed by atoms with Crippen LogP contribution in [0, 0.1) is 0 Å². The van der Waals surface area contributed by atoms with Gasteiger partial charge in [0.05, 0.1) is 17.9 Å². The topological polar surface area (TPSA) is 67.6 Å². The van der Waals surface area contributed by atoms with Gasteiger partial charge in [-0.25, -0.2) is 0 Å². The lowest BCUT2D eigenvalue weighted by molar-refractivity contribution is 0.0926. The summed E-state index contributed by atoms with van der Waals surface area (Å²) in [5.74, 6) is 0.318. The van der Waals surface area contributed by atoms with Crippen LogP contribution in [0.2, 0.25) is 0 Å². The number of hydrogen-bond acceptors (Lipinski definition) is 4. The summed E-state index contributed by atoms with van der Waals surface area (Å²) >= 11 is 0. The average Bonchev–Trinajstić information content (AvgIpc) is 2.46. The monoisotopic (exact) mass is 293 g/mol. The van der Waals surface area contributed by atoms with E-state index >= 15 is 0 Å². The molecule has 5 heteroatoms. The van der Waals surface area contributed by atoms with Crippen molar-refractivity contribution >= 4 is 11.6 Å². The number of nitrogens with one attached hydrogen (secondary N) is 1. The molecular formula is C16H27N3O2. The number of nitrogen functional groups attached to an aromatic ring is 1. The van der Waals surface area contributed by atoms with Gasteiger partial charge in [0.2, 0.25) is 0 Å². The fraction of sp³-hybridized carbons (Fsp3) is 0.562. The average molecular weight is 293 g/mol. The third kappa shape index (κ3) is 4.93. The number of nitrogens with zero attached hydrogens (tertiary/aromatic N) is 1. The summed E-state index contributed by atoms with van der Waals surface area (Å²) in [6.07, 6.45) is 0. The fourth-order valence-corrected chi connectivity index (χ4v) is 2.26. The van der Waals surface area contributed by atoms with E-state index in [1.807, 2.05) is 13.8 Å². The van der Waals surface area contributed by atoms with Crippen LogP contribution in [0.5, 0.6) is 5.75 Å². The number of likely N-dealkylation sites (N-methyl/N-ethyl adjacent to an activating group) is 1. The highest BCUT2D eigenvalue weighted by atomic mass is 16.5. The molecule has 0 aliphatic rings. The minimum Gasteiger partial charge on any atom is -0.491 e. The quantitative estimate of drug-likeness (QED) is 0.721. The van der Waals surface area contributed by atoms with Crippen molar-refractivity contribution in [1.29, 1.82) is 0 Å². The molecule has 1 rings (SSSR count). The fourth-order valence-electron chi connectivity index (χ4n) is 2.26. The van der Waals surface area contributed by atoms with Gasteiger partial charge in [-0.15, -0.1) is 0 Å². The Labute approximate surface area is 127 Å². The van der Waals surface area contributed by atoms with Gasteiger partial charge in [0.25, 0.3) is 5.91 Å². The van der Waals surface area contributed by atoms with Crippen LogP contribution in [0.15, 0.2) is 18.2 Å². The van der Waals surface area contributed by atoms with E-state index in [9.17, 15) is 4.79 Å². The van der Waals surface area contributed by atoms with E-state index in [4.69, 9.17) is 10.5 Å². The Hall–Kier alpha value is -1.75. The summed E-state index contributed by atoms with van der Waals surface area (Å²) < 4.78 is 5.50. The van der Waals surface area contributed by atoms with Crippen molar-refractivity contribution in [3.63, 3.8) is 0 Å². The van der Waals surface area contributed by atoms with Gasteiger partial charge in [-0.2, -0.15) is 0 Å². The Balaban J connectivity index is 2.77. The zero-order chi connectivity index (χ0) is 15.8. The van der Waals surface area contributed by atoms with Crippen molar-refractivity contribution in [1.82, 2.24) is 10.2 Å². The van der Waals surface area contributed by atoms with Crippen LogP contribution in [0.1, 0.15) is 38.1 Å². The first kappa shape index (κ1) is 17.3. The van der Waals surface area contributed by atoms with Gasteiger partial charge in [0.15, 0.2) is 5.75 Å². The lowest BCUT2D eigenvalue weighted by Gasteiger charge is -2.23. The van der Waals surface area contributed by atoms with E-state index in [-0.39, 0.29) is 11.9 Å². The highest BCUT2D eigenvalue weighted by Gasteiger charge is 2.17.